The van der Waals surface area contributed by atoms with E-state index in [1.165, 1.54) is 47.5 Å². The summed E-state index contributed by atoms with van der Waals surface area (Å²) in [7, 11) is 0. The molecule has 0 saturated carbocycles. The molecule has 0 fully saturated rings. The molecule has 0 saturated heterocycles. The van der Waals surface area contributed by atoms with Crippen molar-refractivity contribution in [3.63, 3.8) is 0 Å². The van der Waals surface area contributed by atoms with E-state index in [-0.39, 0.29) is 0 Å². The topological polar surface area (TPSA) is 3.24 Å². The van der Waals surface area contributed by atoms with Gasteiger partial charge in [0.25, 0.3) is 0 Å². The van der Waals surface area contributed by atoms with Gasteiger partial charge in [-0.05, 0) is 61.4 Å². The molecule has 0 N–H and O–H groups in total. The van der Waals surface area contributed by atoms with Gasteiger partial charge >= 0.3 is 0 Å². The fraction of sp³-hybridized carbons (Fsp3) is 0.625. The molecule has 1 rings (SSSR count). The first-order chi connectivity index (χ1) is 8.63. The van der Waals surface area contributed by atoms with Gasteiger partial charge in [-0.1, -0.05) is 27.4 Å². The van der Waals surface area contributed by atoms with Crippen molar-refractivity contribution in [3.8, 4) is 0 Å². The SMILES string of the molecule is C=C(C)c1scc(CN(CCC)CCC)c1CC. The van der Waals surface area contributed by atoms with Crippen molar-refractivity contribution in [3.05, 3.63) is 28.0 Å². The fourth-order valence-corrected chi connectivity index (χ4v) is 3.54. The smallest absolute Gasteiger partial charge is 0.0328 e. The highest BCUT2D eigenvalue weighted by molar-refractivity contribution is 7.11. The molecule has 0 spiro atoms. The standard InChI is InChI=1S/C16H27NS/c1-6-9-17(10-7-2)11-14-12-18-16(13(4)5)15(14)8-3/h12H,4,6-11H2,1-3,5H3. The van der Waals surface area contributed by atoms with Crippen molar-refractivity contribution in [2.45, 2.75) is 53.5 Å². The van der Waals surface area contributed by atoms with Gasteiger partial charge in [-0.25, -0.2) is 0 Å². The van der Waals surface area contributed by atoms with Crippen molar-refractivity contribution in [1.29, 1.82) is 0 Å². The molecule has 2 heteroatoms. The average molecular weight is 265 g/mol. The van der Waals surface area contributed by atoms with Gasteiger partial charge in [0.1, 0.15) is 0 Å². The largest absolute Gasteiger partial charge is 0.299 e. The number of rotatable bonds is 8. The Morgan fingerprint density at radius 3 is 2.28 bits per heavy atom. The zero-order chi connectivity index (χ0) is 13.5. The zero-order valence-corrected chi connectivity index (χ0v) is 13.2. The quantitative estimate of drug-likeness (QED) is 0.642. The summed E-state index contributed by atoms with van der Waals surface area (Å²) in [5, 5.41) is 2.33. The lowest BCUT2D eigenvalue weighted by Gasteiger charge is -2.21. The highest BCUT2D eigenvalue weighted by Crippen LogP contribution is 2.29. The Balaban J connectivity index is 2.85. The number of allylic oxidation sites excluding steroid dienone is 1. The van der Waals surface area contributed by atoms with Crippen LogP contribution < -0.4 is 0 Å². The normalized spacial score (nSPS) is 11.2. The lowest BCUT2D eigenvalue weighted by atomic mass is 10.0. The Hall–Kier alpha value is -0.600. The number of nitrogens with zero attached hydrogens (tertiary/aromatic N) is 1. The molecule has 102 valence electrons. The van der Waals surface area contributed by atoms with Crippen molar-refractivity contribution in [2.75, 3.05) is 13.1 Å². The van der Waals surface area contributed by atoms with E-state index in [0.29, 0.717) is 0 Å². The molecular formula is C16H27NS. The highest BCUT2D eigenvalue weighted by Gasteiger charge is 2.13. The maximum atomic E-state index is 4.10. The van der Waals surface area contributed by atoms with Crippen LogP contribution in [0, 0.1) is 0 Å². The highest BCUT2D eigenvalue weighted by atomic mass is 32.1. The van der Waals surface area contributed by atoms with Gasteiger partial charge in [0.05, 0.1) is 0 Å². The van der Waals surface area contributed by atoms with Crippen LogP contribution in [0.2, 0.25) is 0 Å². The van der Waals surface area contributed by atoms with E-state index in [9.17, 15) is 0 Å². The second-order valence-corrected chi connectivity index (χ2v) is 5.86. The average Bonchev–Trinajstić information content (AvgIpc) is 2.72. The molecule has 0 atom stereocenters. The number of thiophene rings is 1. The minimum atomic E-state index is 1.11. The first-order valence-electron chi connectivity index (χ1n) is 7.11. The van der Waals surface area contributed by atoms with Crippen LogP contribution in [0.5, 0.6) is 0 Å². The van der Waals surface area contributed by atoms with E-state index < -0.39 is 0 Å². The number of hydrogen-bond acceptors (Lipinski definition) is 2. The van der Waals surface area contributed by atoms with E-state index in [1.807, 2.05) is 11.3 Å². The lowest BCUT2D eigenvalue weighted by molar-refractivity contribution is 0.266. The zero-order valence-electron chi connectivity index (χ0n) is 12.4. The Kier molecular flexibility index (Phi) is 6.66. The van der Waals surface area contributed by atoms with Crippen LogP contribution in [0.3, 0.4) is 0 Å². The Bertz CT molecular complexity index is 372. The van der Waals surface area contributed by atoms with Gasteiger partial charge in [0.2, 0.25) is 0 Å². The molecule has 0 aliphatic heterocycles. The van der Waals surface area contributed by atoms with Crippen LogP contribution in [-0.4, -0.2) is 18.0 Å². The van der Waals surface area contributed by atoms with Crippen LogP contribution in [-0.2, 0) is 13.0 Å². The Morgan fingerprint density at radius 1 is 1.22 bits per heavy atom. The van der Waals surface area contributed by atoms with Gasteiger partial charge < -0.3 is 0 Å². The maximum Gasteiger partial charge on any atom is 0.0328 e. The molecule has 0 aromatic carbocycles. The molecule has 0 aliphatic rings. The lowest BCUT2D eigenvalue weighted by Crippen LogP contribution is -2.25. The van der Waals surface area contributed by atoms with Crippen molar-refractivity contribution >= 4 is 16.9 Å². The van der Waals surface area contributed by atoms with Crippen molar-refractivity contribution in [1.82, 2.24) is 4.90 Å². The summed E-state index contributed by atoms with van der Waals surface area (Å²) in [5.74, 6) is 0. The summed E-state index contributed by atoms with van der Waals surface area (Å²) in [5.41, 5.74) is 4.24. The summed E-state index contributed by atoms with van der Waals surface area (Å²) >= 11 is 1.86. The third-order valence-corrected chi connectivity index (χ3v) is 4.43. The van der Waals surface area contributed by atoms with Gasteiger partial charge in [0.15, 0.2) is 0 Å². The monoisotopic (exact) mass is 265 g/mol. The van der Waals surface area contributed by atoms with Gasteiger partial charge in [-0.3, -0.25) is 4.90 Å². The first kappa shape index (κ1) is 15.5. The summed E-state index contributed by atoms with van der Waals surface area (Å²) in [4.78, 5) is 3.98. The predicted octanol–water partition coefficient (Wildman–Crippen LogP) is 4.97. The van der Waals surface area contributed by atoms with E-state index in [1.54, 1.807) is 0 Å². The molecule has 0 amide bonds. The molecule has 0 bridgehead atoms. The molecule has 0 unspecified atom stereocenters. The minimum Gasteiger partial charge on any atom is -0.299 e. The molecule has 1 nitrogen and oxygen atoms in total. The second-order valence-electron chi connectivity index (χ2n) is 4.98. The van der Waals surface area contributed by atoms with E-state index in [0.717, 1.165) is 13.0 Å². The third kappa shape index (κ3) is 3.96. The van der Waals surface area contributed by atoms with Crippen molar-refractivity contribution < 1.29 is 0 Å². The van der Waals surface area contributed by atoms with Crippen LogP contribution >= 0.6 is 11.3 Å². The van der Waals surface area contributed by atoms with Gasteiger partial charge in [-0.2, -0.15) is 0 Å². The third-order valence-electron chi connectivity index (χ3n) is 3.20. The van der Waals surface area contributed by atoms with Crippen LogP contribution in [0.1, 0.15) is 56.5 Å². The van der Waals surface area contributed by atoms with E-state index >= 15 is 0 Å². The number of hydrogen-bond donors (Lipinski definition) is 0. The van der Waals surface area contributed by atoms with E-state index in [2.05, 4.69) is 44.6 Å². The summed E-state index contributed by atoms with van der Waals surface area (Å²) in [6.07, 6.45) is 3.59. The summed E-state index contributed by atoms with van der Waals surface area (Å²) in [6, 6.07) is 0. The van der Waals surface area contributed by atoms with Crippen molar-refractivity contribution in [2.24, 2.45) is 0 Å². The predicted molar refractivity (Wildman–Crippen MR) is 84.3 cm³/mol. The molecule has 18 heavy (non-hydrogen) atoms. The van der Waals surface area contributed by atoms with Gasteiger partial charge in [-0.15, -0.1) is 11.3 Å². The van der Waals surface area contributed by atoms with Gasteiger partial charge in [0, 0.05) is 11.4 Å². The van der Waals surface area contributed by atoms with Crippen LogP contribution in [0.4, 0.5) is 0 Å². The van der Waals surface area contributed by atoms with E-state index in [4.69, 9.17) is 0 Å². The summed E-state index contributed by atoms with van der Waals surface area (Å²) in [6.45, 7) is 16.5. The Morgan fingerprint density at radius 2 is 1.83 bits per heavy atom. The molecule has 1 aromatic rings. The molecular weight excluding hydrogens is 238 g/mol. The molecule has 0 aliphatic carbocycles. The minimum absolute atomic E-state index is 1.11. The van der Waals surface area contributed by atoms with Crippen LogP contribution in [0.25, 0.3) is 5.57 Å². The fourth-order valence-electron chi connectivity index (χ4n) is 2.44. The molecule has 1 aromatic heterocycles. The maximum absolute atomic E-state index is 4.10. The second kappa shape index (κ2) is 7.75. The molecule has 0 radical (unpaired) electrons. The summed E-state index contributed by atoms with van der Waals surface area (Å²) < 4.78 is 0. The van der Waals surface area contributed by atoms with Crippen LogP contribution in [0.15, 0.2) is 12.0 Å². The molecule has 1 heterocycles. The Labute approximate surface area is 117 Å². The first-order valence-corrected chi connectivity index (χ1v) is 7.99.